The minimum atomic E-state index is -1.53. The SMILES string of the molecule is CN(C)P(F)N(C)C.[B]. The van der Waals surface area contributed by atoms with Gasteiger partial charge >= 0.3 is 0 Å². The van der Waals surface area contributed by atoms with Gasteiger partial charge in [0.25, 0.3) is 0 Å². The molecule has 0 fully saturated rings. The molecule has 9 heavy (non-hydrogen) atoms. The Morgan fingerprint density at radius 1 is 1.00 bits per heavy atom. The minimum Gasteiger partial charge on any atom is -0.249 e. The molecule has 0 unspecified atom stereocenters. The highest BCUT2D eigenvalue weighted by atomic mass is 31.2. The van der Waals surface area contributed by atoms with E-state index in [2.05, 4.69) is 0 Å². The van der Waals surface area contributed by atoms with Crippen LogP contribution in [0.5, 0.6) is 0 Å². The molecule has 0 saturated heterocycles. The van der Waals surface area contributed by atoms with Crippen molar-refractivity contribution in [2.45, 2.75) is 0 Å². The molecular weight excluding hydrogens is 137 g/mol. The van der Waals surface area contributed by atoms with E-state index >= 15 is 0 Å². The van der Waals surface area contributed by atoms with E-state index in [4.69, 9.17) is 0 Å². The highest BCUT2D eigenvalue weighted by Crippen LogP contribution is 2.40. The van der Waals surface area contributed by atoms with Gasteiger partial charge in [-0.2, -0.15) is 4.20 Å². The van der Waals surface area contributed by atoms with Crippen molar-refractivity contribution in [1.29, 1.82) is 0 Å². The predicted octanol–water partition coefficient (Wildman–Crippen LogP) is 0.925. The Kier molecular flexibility index (Phi) is 6.91. The summed E-state index contributed by atoms with van der Waals surface area (Å²) in [6.07, 6.45) is 0. The molecule has 0 rings (SSSR count). The van der Waals surface area contributed by atoms with Crippen molar-refractivity contribution in [3.05, 3.63) is 0 Å². The van der Waals surface area contributed by atoms with Crippen LogP contribution in [-0.2, 0) is 0 Å². The maximum absolute atomic E-state index is 12.6. The smallest absolute Gasteiger partial charge is 0.235 e. The van der Waals surface area contributed by atoms with Gasteiger partial charge in [0.05, 0.1) is 0 Å². The van der Waals surface area contributed by atoms with E-state index < -0.39 is 8.53 Å². The lowest BCUT2D eigenvalue weighted by atomic mass is 10.8. The number of rotatable bonds is 2. The monoisotopic (exact) mass is 149 g/mol. The lowest BCUT2D eigenvalue weighted by Gasteiger charge is -2.20. The topological polar surface area (TPSA) is 6.48 Å². The minimum absolute atomic E-state index is 0. The maximum atomic E-state index is 12.6. The van der Waals surface area contributed by atoms with Crippen LogP contribution in [0.25, 0.3) is 0 Å². The van der Waals surface area contributed by atoms with Crippen LogP contribution in [0.2, 0.25) is 0 Å². The van der Waals surface area contributed by atoms with Crippen LogP contribution in [0, 0.1) is 0 Å². The summed E-state index contributed by atoms with van der Waals surface area (Å²) in [5, 5.41) is 0. The van der Waals surface area contributed by atoms with E-state index in [9.17, 15) is 4.20 Å². The van der Waals surface area contributed by atoms with Crippen molar-refractivity contribution in [3.63, 3.8) is 0 Å². The van der Waals surface area contributed by atoms with Gasteiger partial charge in [-0.3, -0.25) is 0 Å². The molecule has 5 heteroatoms. The lowest BCUT2D eigenvalue weighted by Crippen LogP contribution is -2.13. The average molecular weight is 149 g/mol. The van der Waals surface area contributed by atoms with Gasteiger partial charge in [0, 0.05) is 8.41 Å². The maximum Gasteiger partial charge on any atom is 0.235 e. The molecule has 0 saturated carbocycles. The molecule has 0 aliphatic rings. The predicted molar refractivity (Wildman–Crippen MR) is 41.2 cm³/mol. The summed E-state index contributed by atoms with van der Waals surface area (Å²) in [4.78, 5) is 0. The van der Waals surface area contributed by atoms with Gasteiger partial charge in [0.15, 0.2) is 0 Å². The van der Waals surface area contributed by atoms with Crippen molar-refractivity contribution in [1.82, 2.24) is 9.34 Å². The zero-order valence-electron chi connectivity index (χ0n) is 6.30. The van der Waals surface area contributed by atoms with Crippen molar-refractivity contribution in [2.75, 3.05) is 28.2 Å². The van der Waals surface area contributed by atoms with Crippen molar-refractivity contribution in [2.24, 2.45) is 0 Å². The van der Waals surface area contributed by atoms with Gasteiger partial charge in [-0.25, -0.2) is 9.34 Å². The standard InChI is InChI=1S/C4H12FN2P.B/c1-6(2)8(5)7(3)4;/h1-4H3;. The van der Waals surface area contributed by atoms with E-state index in [0.29, 0.717) is 0 Å². The second-order valence-corrected chi connectivity index (χ2v) is 4.02. The number of hydrogen-bond acceptors (Lipinski definition) is 2. The molecule has 0 heterocycles. The first-order chi connectivity index (χ1) is 3.55. The summed E-state index contributed by atoms with van der Waals surface area (Å²) < 4.78 is 15.7. The summed E-state index contributed by atoms with van der Waals surface area (Å²) in [6.45, 7) is 0. The third-order valence-corrected chi connectivity index (χ3v) is 1.98. The molecule has 0 aromatic rings. The van der Waals surface area contributed by atoms with Gasteiger partial charge in [0.1, 0.15) is 0 Å². The van der Waals surface area contributed by atoms with Crippen LogP contribution < -0.4 is 0 Å². The van der Waals surface area contributed by atoms with Crippen molar-refractivity contribution >= 4 is 16.9 Å². The van der Waals surface area contributed by atoms with Crippen LogP contribution in [0.15, 0.2) is 0 Å². The van der Waals surface area contributed by atoms with Crippen LogP contribution in [0.4, 0.5) is 4.20 Å². The van der Waals surface area contributed by atoms with Crippen LogP contribution in [-0.4, -0.2) is 45.9 Å². The molecule has 2 nitrogen and oxygen atoms in total. The van der Waals surface area contributed by atoms with Gasteiger partial charge in [0.2, 0.25) is 8.53 Å². The molecule has 0 aromatic carbocycles. The van der Waals surface area contributed by atoms with Crippen LogP contribution >= 0.6 is 8.53 Å². The second-order valence-electron chi connectivity index (χ2n) is 1.94. The molecule has 3 radical (unpaired) electrons. The Hall–Kier alpha value is 0.345. The summed E-state index contributed by atoms with van der Waals surface area (Å²) in [6, 6.07) is 0. The molecule has 0 aromatic heterocycles. The second kappa shape index (κ2) is 5.16. The van der Waals surface area contributed by atoms with Gasteiger partial charge in [-0.15, -0.1) is 0 Å². The van der Waals surface area contributed by atoms with Crippen molar-refractivity contribution in [3.8, 4) is 0 Å². The summed E-state index contributed by atoms with van der Waals surface area (Å²) in [5.74, 6) is 0. The Morgan fingerprint density at radius 3 is 1.22 bits per heavy atom. The lowest BCUT2D eigenvalue weighted by molar-refractivity contribution is 0.519. The molecule has 0 spiro atoms. The van der Waals surface area contributed by atoms with Crippen LogP contribution in [0.1, 0.15) is 0 Å². The highest BCUT2D eigenvalue weighted by molar-refractivity contribution is 7.46. The normalized spacial score (nSPS) is 10.7. The molecule has 0 atom stereocenters. The average Bonchev–Trinajstić information content (AvgIpc) is 1.64. The fourth-order valence-electron chi connectivity index (χ4n) is 0.358. The summed E-state index contributed by atoms with van der Waals surface area (Å²) >= 11 is 0. The van der Waals surface area contributed by atoms with Gasteiger partial charge < -0.3 is 0 Å². The van der Waals surface area contributed by atoms with Gasteiger partial charge in [-0.1, -0.05) is 0 Å². The number of hydrogen-bond donors (Lipinski definition) is 0. The zero-order valence-corrected chi connectivity index (χ0v) is 7.19. The first kappa shape index (κ1) is 12.1. The molecule has 53 valence electrons. The Labute approximate surface area is 59.6 Å². The van der Waals surface area contributed by atoms with E-state index in [1.807, 2.05) is 0 Å². The van der Waals surface area contributed by atoms with E-state index in [-0.39, 0.29) is 8.41 Å². The molecular formula is C4H12BFN2P. The molecule has 0 N–H and O–H groups in total. The Bertz CT molecular complexity index is 63.6. The largest absolute Gasteiger partial charge is 0.249 e. The first-order valence-corrected chi connectivity index (χ1v) is 3.50. The van der Waals surface area contributed by atoms with Gasteiger partial charge in [-0.05, 0) is 28.2 Å². The quantitative estimate of drug-likeness (QED) is 0.425. The molecule has 0 bridgehead atoms. The van der Waals surface area contributed by atoms with Crippen molar-refractivity contribution < 1.29 is 4.20 Å². The highest BCUT2D eigenvalue weighted by Gasteiger charge is 2.10. The van der Waals surface area contributed by atoms with Crippen LogP contribution in [0.3, 0.4) is 0 Å². The third kappa shape index (κ3) is 4.82. The molecule has 0 aliphatic heterocycles. The van der Waals surface area contributed by atoms with E-state index in [1.165, 1.54) is 0 Å². The Morgan fingerprint density at radius 2 is 1.22 bits per heavy atom. The number of nitrogens with zero attached hydrogens (tertiary/aromatic N) is 2. The third-order valence-electron chi connectivity index (χ3n) is 0.660. The molecule has 0 amide bonds. The Balaban J connectivity index is 0. The van der Waals surface area contributed by atoms with E-state index in [0.717, 1.165) is 0 Å². The zero-order chi connectivity index (χ0) is 6.73. The summed E-state index contributed by atoms with van der Waals surface area (Å²) in [5.41, 5.74) is 0. The molecule has 0 aliphatic carbocycles. The number of halogens is 1. The van der Waals surface area contributed by atoms with E-state index in [1.54, 1.807) is 37.5 Å². The summed E-state index contributed by atoms with van der Waals surface area (Å²) in [7, 11) is 5.38. The first-order valence-electron chi connectivity index (χ1n) is 2.36. The fraction of sp³-hybridized carbons (Fsp3) is 1.00. The fourth-order valence-corrected chi connectivity index (χ4v) is 1.07.